The third-order valence-electron chi connectivity index (χ3n) is 19.5. The SMILES string of the molecule is CCCCCCCCCCCCCCCCCCCCCCCCCCC(O)C(CO)NC(=O)CCCCCCCCCCCCCCCCCCC/C=C\C/C=C\CCCCCCCCCCCCCCCOC(=O)CCCCCCCCCCCCC. The fourth-order valence-electron chi connectivity index (χ4n) is 13.3. The van der Waals surface area contributed by atoms with Gasteiger partial charge in [-0.2, -0.15) is 0 Å². The van der Waals surface area contributed by atoms with Crippen LogP contribution in [0.25, 0.3) is 0 Å². The summed E-state index contributed by atoms with van der Waals surface area (Å²) in [5, 5.41) is 23.5. The smallest absolute Gasteiger partial charge is 0.305 e. The van der Waals surface area contributed by atoms with Crippen molar-refractivity contribution in [2.75, 3.05) is 13.2 Å². The van der Waals surface area contributed by atoms with Gasteiger partial charge < -0.3 is 20.3 Å². The van der Waals surface area contributed by atoms with Gasteiger partial charge in [0.1, 0.15) is 0 Å². The van der Waals surface area contributed by atoms with Gasteiger partial charge in [0.15, 0.2) is 0 Å². The minimum absolute atomic E-state index is 0.0194. The van der Waals surface area contributed by atoms with Crippen LogP contribution < -0.4 is 5.32 Å². The number of amides is 1. The molecular weight excluding hydrogens is 1090 g/mol. The Labute approximate surface area is 558 Å². The lowest BCUT2D eigenvalue weighted by Crippen LogP contribution is -2.45. The summed E-state index contributed by atoms with van der Waals surface area (Å²) in [6, 6.07) is -0.541. The Kier molecular flexibility index (Phi) is 77.3. The minimum atomic E-state index is -0.664. The zero-order valence-electron chi connectivity index (χ0n) is 60.7. The first-order chi connectivity index (χ1) is 44.0. The standard InChI is InChI=1S/C83H161NO5/c1-3-5-7-9-11-13-15-16-17-18-19-20-21-37-40-43-46-49-52-56-59-63-67-71-75-81(86)80(79-85)84-82(87)76-72-68-64-60-57-53-50-47-44-41-38-35-33-31-29-27-25-23-22-24-26-28-30-32-34-36-39-42-45-48-51-54-58-62-66-70-74-78-89-83(88)77-73-69-65-61-55-14-12-10-8-6-4-2/h22,24,28,30,80-81,85-86H,3-21,23,25-27,29,31-79H2,1-2H3,(H,84,87)/b24-22-,30-28-. The Hall–Kier alpha value is -1.66. The summed E-state index contributed by atoms with van der Waals surface area (Å²) in [6.07, 6.45) is 101. The van der Waals surface area contributed by atoms with E-state index in [1.165, 1.54) is 392 Å². The normalized spacial score (nSPS) is 12.5. The highest BCUT2D eigenvalue weighted by atomic mass is 16.5. The van der Waals surface area contributed by atoms with Crippen LogP contribution in [0.5, 0.6) is 0 Å². The largest absolute Gasteiger partial charge is 0.466 e. The molecule has 0 radical (unpaired) electrons. The third-order valence-corrected chi connectivity index (χ3v) is 19.5. The first-order valence-electron chi connectivity index (χ1n) is 41.1. The maximum atomic E-state index is 12.6. The number of hydrogen-bond donors (Lipinski definition) is 3. The maximum absolute atomic E-state index is 12.6. The first-order valence-corrected chi connectivity index (χ1v) is 41.1. The Morgan fingerprint density at radius 1 is 0.315 bits per heavy atom. The molecule has 0 bridgehead atoms. The van der Waals surface area contributed by atoms with Crippen LogP contribution in [0, 0.1) is 0 Å². The second-order valence-electron chi connectivity index (χ2n) is 28.5. The number of nitrogens with one attached hydrogen (secondary N) is 1. The molecule has 0 saturated carbocycles. The van der Waals surface area contributed by atoms with Gasteiger partial charge in [-0.25, -0.2) is 0 Å². The van der Waals surface area contributed by atoms with Crippen molar-refractivity contribution in [3.63, 3.8) is 0 Å². The predicted octanol–water partition coefficient (Wildman–Crippen LogP) is 27.2. The van der Waals surface area contributed by atoms with Crippen molar-refractivity contribution in [2.45, 2.75) is 482 Å². The van der Waals surface area contributed by atoms with E-state index in [1.807, 2.05) is 0 Å². The summed E-state index contributed by atoms with van der Waals surface area (Å²) < 4.78 is 5.48. The molecule has 0 saturated heterocycles. The number of hydrogen-bond acceptors (Lipinski definition) is 5. The number of unbranched alkanes of at least 4 members (excludes halogenated alkanes) is 63. The monoisotopic (exact) mass is 1250 g/mol. The maximum Gasteiger partial charge on any atom is 0.305 e. The highest BCUT2D eigenvalue weighted by Crippen LogP contribution is 2.20. The van der Waals surface area contributed by atoms with E-state index < -0.39 is 12.1 Å². The van der Waals surface area contributed by atoms with Crippen molar-refractivity contribution in [1.29, 1.82) is 0 Å². The molecule has 0 aliphatic heterocycles. The van der Waals surface area contributed by atoms with E-state index in [1.54, 1.807) is 0 Å². The van der Waals surface area contributed by atoms with Crippen LogP contribution in [-0.2, 0) is 14.3 Å². The molecule has 89 heavy (non-hydrogen) atoms. The lowest BCUT2D eigenvalue weighted by molar-refractivity contribution is -0.143. The Balaban J connectivity index is 3.36. The van der Waals surface area contributed by atoms with Crippen molar-refractivity contribution >= 4 is 11.9 Å². The van der Waals surface area contributed by atoms with Gasteiger partial charge in [-0.3, -0.25) is 9.59 Å². The molecule has 528 valence electrons. The molecule has 0 aliphatic carbocycles. The average Bonchev–Trinajstić information content (AvgIpc) is 3.67. The van der Waals surface area contributed by atoms with Crippen LogP contribution in [0.3, 0.4) is 0 Å². The number of allylic oxidation sites excluding steroid dienone is 4. The van der Waals surface area contributed by atoms with Gasteiger partial charge >= 0.3 is 5.97 Å². The highest BCUT2D eigenvalue weighted by Gasteiger charge is 2.20. The average molecular weight is 1250 g/mol. The van der Waals surface area contributed by atoms with Gasteiger partial charge in [-0.05, 0) is 57.8 Å². The molecule has 6 nitrogen and oxygen atoms in total. The Morgan fingerprint density at radius 3 is 0.854 bits per heavy atom. The number of aliphatic hydroxyl groups is 2. The highest BCUT2D eigenvalue weighted by molar-refractivity contribution is 5.76. The van der Waals surface area contributed by atoms with Crippen molar-refractivity contribution in [3.8, 4) is 0 Å². The van der Waals surface area contributed by atoms with Gasteiger partial charge in [0.25, 0.3) is 0 Å². The molecule has 6 heteroatoms. The summed E-state index contributed by atoms with van der Waals surface area (Å²) in [6.45, 7) is 5.00. The van der Waals surface area contributed by atoms with Crippen LogP contribution in [0.2, 0.25) is 0 Å². The van der Waals surface area contributed by atoms with Crippen LogP contribution >= 0.6 is 0 Å². The molecular formula is C83H161NO5. The Morgan fingerprint density at radius 2 is 0.562 bits per heavy atom. The van der Waals surface area contributed by atoms with Gasteiger partial charge in [0.2, 0.25) is 5.91 Å². The molecule has 0 aromatic rings. The lowest BCUT2D eigenvalue weighted by Gasteiger charge is -2.22. The molecule has 0 heterocycles. The van der Waals surface area contributed by atoms with Crippen LogP contribution in [0.4, 0.5) is 0 Å². The lowest BCUT2D eigenvalue weighted by atomic mass is 10.0. The second-order valence-corrected chi connectivity index (χ2v) is 28.5. The van der Waals surface area contributed by atoms with Gasteiger partial charge in [-0.15, -0.1) is 0 Å². The van der Waals surface area contributed by atoms with E-state index in [2.05, 4.69) is 43.5 Å². The van der Waals surface area contributed by atoms with Crippen molar-refractivity contribution in [1.82, 2.24) is 5.32 Å². The van der Waals surface area contributed by atoms with Crippen molar-refractivity contribution < 1.29 is 24.5 Å². The molecule has 3 N–H and O–H groups in total. The number of carbonyl (C=O) groups is 2. The number of ether oxygens (including phenoxy) is 1. The summed E-state index contributed by atoms with van der Waals surface area (Å²) >= 11 is 0. The number of carbonyl (C=O) groups excluding carboxylic acids is 2. The van der Waals surface area contributed by atoms with Crippen LogP contribution in [-0.4, -0.2) is 47.4 Å². The second kappa shape index (κ2) is 78.8. The quantitative estimate of drug-likeness (QED) is 0.0320. The van der Waals surface area contributed by atoms with E-state index >= 15 is 0 Å². The first kappa shape index (κ1) is 87.3. The third kappa shape index (κ3) is 75.3. The summed E-state index contributed by atoms with van der Waals surface area (Å²) in [7, 11) is 0. The van der Waals surface area contributed by atoms with Gasteiger partial charge in [-0.1, -0.05) is 423 Å². The number of rotatable bonds is 78. The number of aliphatic hydroxyl groups excluding tert-OH is 2. The molecule has 0 aromatic heterocycles. The summed E-state index contributed by atoms with van der Waals surface area (Å²) in [5.41, 5.74) is 0. The van der Waals surface area contributed by atoms with Crippen LogP contribution in [0.1, 0.15) is 470 Å². The molecule has 0 fully saturated rings. The molecule has 0 aromatic carbocycles. The molecule has 2 unspecified atom stereocenters. The Bertz CT molecular complexity index is 1400. The number of esters is 1. The zero-order valence-corrected chi connectivity index (χ0v) is 60.7. The van der Waals surface area contributed by atoms with E-state index in [4.69, 9.17) is 4.74 Å². The van der Waals surface area contributed by atoms with Gasteiger partial charge in [0, 0.05) is 12.8 Å². The molecule has 2 atom stereocenters. The summed E-state index contributed by atoms with van der Waals surface area (Å²) in [5.74, 6) is -0.00681. The van der Waals surface area contributed by atoms with Crippen molar-refractivity contribution in [3.05, 3.63) is 24.3 Å². The molecule has 1 amide bonds. The zero-order chi connectivity index (χ0) is 64.2. The fraction of sp³-hybridized carbons (Fsp3) is 0.928. The molecule has 0 rings (SSSR count). The van der Waals surface area contributed by atoms with E-state index in [-0.39, 0.29) is 18.5 Å². The van der Waals surface area contributed by atoms with Crippen molar-refractivity contribution in [2.24, 2.45) is 0 Å². The van der Waals surface area contributed by atoms with Gasteiger partial charge in [0.05, 0.1) is 25.4 Å². The van der Waals surface area contributed by atoms with E-state index in [0.717, 1.165) is 44.9 Å². The molecule has 0 aliphatic rings. The summed E-state index contributed by atoms with van der Waals surface area (Å²) in [4.78, 5) is 24.6. The van der Waals surface area contributed by atoms with Crippen LogP contribution in [0.15, 0.2) is 24.3 Å². The predicted molar refractivity (Wildman–Crippen MR) is 393 cm³/mol. The molecule has 0 spiro atoms. The minimum Gasteiger partial charge on any atom is -0.466 e. The topological polar surface area (TPSA) is 95.9 Å². The van der Waals surface area contributed by atoms with E-state index in [0.29, 0.717) is 25.9 Å². The van der Waals surface area contributed by atoms with E-state index in [9.17, 15) is 19.8 Å². The fourth-order valence-corrected chi connectivity index (χ4v) is 13.3.